The van der Waals surface area contributed by atoms with Crippen molar-refractivity contribution in [3.63, 3.8) is 0 Å². The van der Waals surface area contributed by atoms with E-state index in [1.54, 1.807) is 20.8 Å². The van der Waals surface area contributed by atoms with E-state index in [0.717, 1.165) is 5.56 Å². The Morgan fingerprint density at radius 1 is 1.12 bits per heavy atom. The average Bonchev–Trinajstić information content (AvgIpc) is 2.50. The van der Waals surface area contributed by atoms with Crippen molar-refractivity contribution < 1.29 is 23.9 Å². The van der Waals surface area contributed by atoms with Crippen molar-refractivity contribution >= 4 is 18.0 Å². The van der Waals surface area contributed by atoms with Gasteiger partial charge in [-0.2, -0.15) is 0 Å². The molecular formula is C17H24N2O5. The molecule has 7 nitrogen and oxygen atoms in total. The molecular weight excluding hydrogens is 312 g/mol. The number of hydrogen-bond acceptors (Lipinski definition) is 5. The van der Waals surface area contributed by atoms with Crippen LogP contribution < -0.4 is 10.6 Å². The second-order valence-corrected chi connectivity index (χ2v) is 6.23. The third-order valence-electron chi connectivity index (χ3n) is 2.77. The minimum Gasteiger partial charge on any atom is -0.459 e. The molecule has 2 N–H and O–H groups in total. The molecule has 0 aliphatic heterocycles. The fourth-order valence-electron chi connectivity index (χ4n) is 1.70. The molecule has 1 atom stereocenters. The van der Waals surface area contributed by atoms with E-state index in [2.05, 4.69) is 10.6 Å². The zero-order valence-corrected chi connectivity index (χ0v) is 14.4. The maximum atomic E-state index is 11.8. The molecule has 0 fully saturated rings. The first-order valence-corrected chi connectivity index (χ1v) is 7.64. The number of amides is 2. The molecule has 7 heteroatoms. The van der Waals surface area contributed by atoms with Gasteiger partial charge in [-0.05, 0) is 33.3 Å². The molecule has 1 aromatic carbocycles. The van der Waals surface area contributed by atoms with Crippen LogP contribution in [0.2, 0.25) is 0 Å². The molecule has 1 rings (SSSR count). The highest BCUT2D eigenvalue weighted by Gasteiger charge is 2.20. The lowest BCUT2D eigenvalue weighted by molar-refractivity contribution is -0.154. The van der Waals surface area contributed by atoms with Crippen molar-refractivity contribution in [3.05, 3.63) is 35.9 Å². The van der Waals surface area contributed by atoms with Crippen LogP contribution in [0.15, 0.2) is 30.3 Å². The molecule has 24 heavy (non-hydrogen) atoms. The predicted octanol–water partition coefficient (Wildman–Crippen LogP) is 1.76. The van der Waals surface area contributed by atoms with Gasteiger partial charge in [-0.15, -0.1) is 0 Å². The smallest absolute Gasteiger partial charge is 0.408 e. The second kappa shape index (κ2) is 8.90. The zero-order valence-electron chi connectivity index (χ0n) is 14.4. The zero-order chi connectivity index (χ0) is 18.2. The Balaban J connectivity index is 2.30. The van der Waals surface area contributed by atoms with E-state index in [-0.39, 0.29) is 13.2 Å². The molecule has 0 aliphatic carbocycles. The van der Waals surface area contributed by atoms with Crippen molar-refractivity contribution in [3.8, 4) is 0 Å². The highest BCUT2D eigenvalue weighted by Crippen LogP contribution is 2.06. The van der Waals surface area contributed by atoms with E-state index in [0.29, 0.717) is 0 Å². The summed E-state index contributed by atoms with van der Waals surface area (Å²) < 4.78 is 10.1. The van der Waals surface area contributed by atoms with Gasteiger partial charge in [0.2, 0.25) is 5.91 Å². The van der Waals surface area contributed by atoms with Gasteiger partial charge in [-0.3, -0.25) is 9.59 Å². The van der Waals surface area contributed by atoms with Gasteiger partial charge in [0.25, 0.3) is 0 Å². The lowest BCUT2D eigenvalue weighted by atomic mass is 10.2. The molecule has 0 bridgehead atoms. The summed E-state index contributed by atoms with van der Waals surface area (Å²) in [7, 11) is 0. The Kier molecular flexibility index (Phi) is 7.23. The highest BCUT2D eigenvalue weighted by atomic mass is 16.6. The number of benzene rings is 1. The van der Waals surface area contributed by atoms with Crippen molar-refractivity contribution in [2.45, 2.75) is 45.9 Å². The first kappa shape index (κ1) is 19.5. The van der Waals surface area contributed by atoms with Crippen molar-refractivity contribution in [2.24, 2.45) is 0 Å². The fraction of sp³-hybridized carbons (Fsp3) is 0.471. The lowest BCUT2D eigenvalue weighted by Gasteiger charge is -2.20. The van der Waals surface area contributed by atoms with E-state index in [1.807, 2.05) is 30.3 Å². The Morgan fingerprint density at radius 3 is 2.33 bits per heavy atom. The molecule has 0 spiro atoms. The van der Waals surface area contributed by atoms with Gasteiger partial charge in [-0.1, -0.05) is 30.3 Å². The summed E-state index contributed by atoms with van der Waals surface area (Å²) in [5, 5.41) is 4.80. The second-order valence-electron chi connectivity index (χ2n) is 6.23. The van der Waals surface area contributed by atoms with E-state index >= 15 is 0 Å². The number of carbonyl (C=O) groups is 3. The molecule has 0 heterocycles. The number of alkyl carbamates (subject to hydrolysis) is 1. The van der Waals surface area contributed by atoms with Gasteiger partial charge in [-0.25, -0.2) is 4.79 Å². The third-order valence-corrected chi connectivity index (χ3v) is 2.77. The topological polar surface area (TPSA) is 93.7 Å². The fourth-order valence-corrected chi connectivity index (χ4v) is 1.70. The maximum absolute atomic E-state index is 11.8. The quantitative estimate of drug-likeness (QED) is 0.772. The monoisotopic (exact) mass is 336 g/mol. The molecule has 0 aromatic heterocycles. The number of nitrogens with one attached hydrogen (secondary N) is 2. The summed E-state index contributed by atoms with van der Waals surface area (Å²) >= 11 is 0. The van der Waals surface area contributed by atoms with E-state index in [4.69, 9.17) is 9.47 Å². The van der Waals surface area contributed by atoms with Gasteiger partial charge in [0.15, 0.2) is 0 Å². The van der Waals surface area contributed by atoms with Crippen LogP contribution in [-0.2, 0) is 25.7 Å². The first-order chi connectivity index (χ1) is 11.2. The van der Waals surface area contributed by atoms with Gasteiger partial charge in [0, 0.05) is 0 Å². The highest BCUT2D eigenvalue weighted by molar-refractivity contribution is 5.87. The summed E-state index contributed by atoms with van der Waals surface area (Å²) in [6, 6.07) is 8.35. The van der Waals surface area contributed by atoms with Crippen molar-refractivity contribution in [2.75, 3.05) is 6.54 Å². The molecule has 1 aromatic rings. The first-order valence-electron chi connectivity index (χ1n) is 7.64. The van der Waals surface area contributed by atoms with Gasteiger partial charge >= 0.3 is 12.1 Å². The molecule has 0 saturated heterocycles. The summed E-state index contributed by atoms with van der Waals surface area (Å²) in [5.74, 6) is -1.05. The van der Waals surface area contributed by atoms with Crippen molar-refractivity contribution in [1.82, 2.24) is 10.6 Å². The Morgan fingerprint density at radius 2 is 1.75 bits per heavy atom. The Hall–Kier alpha value is -2.57. The number of carbonyl (C=O) groups excluding carboxylic acids is 3. The average molecular weight is 336 g/mol. The lowest BCUT2D eigenvalue weighted by Crippen LogP contribution is -2.46. The summed E-state index contributed by atoms with van der Waals surface area (Å²) in [6.07, 6.45) is -0.709. The normalized spacial score (nSPS) is 12.0. The summed E-state index contributed by atoms with van der Waals surface area (Å²) in [6.45, 7) is 6.55. The van der Waals surface area contributed by atoms with E-state index in [9.17, 15) is 14.4 Å². The van der Waals surface area contributed by atoms with E-state index in [1.165, 1.54) is 6.92 Å². The molecule has 2 amide bonds. The minimum absolute atomic E-state index is 0.110. The standard InChI is InChI=1S/C17H24N2O5/c1-12(15(21)18-10-14(20)24-17(2,3)4)19-16(22)23-11-13-8-6-5-7-9-13/h5-9,12H,10-11H2,1-4H3,(H,18,21)(H,19,22)/t12-/m0/s1. The summed E-state index contributed by atoms with van der Waals surface area (Å²) in [5.41, 5.74) is 0.224. The predicted molar refractivity (Wildman–Crippen MR) is 88.1 cm³/mol. The SMILES string of the molecule is C[C@H](NC(=O)OCc1ccccc1)C(=O)NCC(=O)OC(C)(C)C. The molecule has 0 aliphatic rings. The van der Waals surface area contributed by atoms with E-state index < -0.39 is 29.6 Å². The molecule has 0 saturated carbocycles. The minimum atomic E-state index is -0.837. The number of ether oxygens (including phenoxy) is 2. The van der Waals surface area contributed by atoms with Crippen LogP contribution in [0.25, 0.3) is 0 Å². The maximum Gasteiger partial charge on any atom is 0.408 e. The summed E-state index contributed by atoms with van der Waals surface area (Å²) in [4.78, 5) is 35.0. The molecule has 132 valence electrons. The third kappa shape index (κ3) is 8.17. The van der Waals surface area contributed by atoms with Crippen LogP contribution in [0, 0.1) is 0 Å². The number of hydrogen-bond donors (Lipinski definition) is 2. The van der Waals surface area contributed by atoms with Crippen LogP contribution >= 0.6 is 0 Å². The van der Waals surface area contributed by atoms with Gasteiger partial charge in [0.05, 0.1) is 0 Å². The molecule has 0 unspecified atom stereocenters. The largest absolute Gasteiger partial charge is 0.459 e. The van der Waals surface area contributed by atoms with Crippen molar-refractivity contribution in [1.29, 1.82) is 0 Å². The Bertz CT molecular complexity index is 566. The van der Waals surface area contributed by atoms with Gasteiger partial charge < -0.3 is 20.1 Å². The van der Waals surface area contributed by atoms with Crippen LogP contribution in [0.1, 0.15) is 33.3 Å². The molecule has 0 radical (unpaired) electrons. The number of rotatable bonds is 6. The number of esters is 1. The van der Waals surface area contributed by atoms with Crippen LogP contribution in [0.5, 0.6) is 0 Å². The van der Waals surface area contributed by atoms with Crippen LogP contribution in [0.4, 0.5) is 4.79 Å². The van der Waals surface area contributed by atoms with Crippen LogP contribution in [-0.4, -0.2) is 36.2 Å². The van der Waals surface area contributed by atoms with Crippen LogP contribution in [0.3, 0.4) is 0 Å². The Labute approximate surface area is 141 Å². The van der Waals surface area contributed by atoms with Gasteiger partial charge in [0.1, 0.15) is 24.8 Å².